The zero-order valence-corrected chi connectivity index (χ0v) is 24.1. The fourth-order valence-electron chi connectivity index (χ4n) is 4.93. The molecule has 0 saturated carbocycles. The largest absolute Gasteiger partial charge is 0.495 e. The third-order valence-electron chi connectivity index (χ3n) is 7.10. The maximum atomic E-state index is 13.6. The molecular formula is C30H38F3N5OS. The van der Waals surface area contributed by atoms with E-state index in [0.717, 1.165) is 48.7 Å². The average molecular weight is 574 g/mol. The molecule has 1 aliphatic heterocycles. The van der Waals surface area contributed by atoms with Gasteiger partial charge in [0.15, 0.2) is 0 Å². The molecule has 2 heterocycles. The number of likely N-dealkylation sites (tertiary alicyclic amines) is 1. The number of piperidine rings is 1. The molecule has 40 heavy (non-hydrogen) atoms. The highest BCUT2D eigenvalue weighted by Crippen LogP contribution is 2.31. The van der Waals surface area contributed by atoms with E-state index < -0.39 is 12.7 Å². The van der Waals surface area contributed by atoms with Gasteiger partial charge in [0.05, 0.1) is 36.2 Å². The molecule has 1 aliphatic rings. The Morgan fingerprint density at radius 3 is 2.60 bits per heavy atom. The number of fused-ring (bicyclic) bond motifs is 1. The van der Waals surface area contributed by atoms with Gasteiger partial charge in [-0.25, -0.2) is 5.43 Å². The number of aromatic nitrogens is 1. The number of halogens is 3. The van der Waals surface area contributed by atoms with Crippen molar-refractivity contribution in [3.05, 3.63) is 48.2 Å². The van der Waals surface area contributed by atoms with Crippen molar-refractivity contribution in [3.63, 3.8) is 0 Å². The lowest BCUT2D eigenvalue weighted by Crippen LogP contribution is -2.44. The third kappa shape index (κ3) is 8.03. The number of methoxy groups -OCH3 is 1. The van der Waals surface area contributed by atoms with E-state index in [1.165, 1.54) is 17.4 Å². The molecule has 0 aliphatic carbocycles. The van der Waals surface area contributed by atoms with E-state index in [4.69, 9.17) is 4.74 Å². The lowest BCUT2D eigenvalue weighted by atomic mass is 10.1. The summed E-state index contributed by atoms with van der Waals surface area (Å²) in [6, 6.07) is 13.2. The molecule has 10 heteroatoms. The molecule has 3 aromatic rings. The van der Waals surface area contributed by atoms with Gasteiger partial charge in [0.1, 0.15) is 12.3 Å². The van der Waals surface area contributed by atoms with E-state index in [1.807, 2.05) is 30.5 Å². The van der Waals surface area contributed by atoms with E-state index in [1.54, 1.807) is 37.1 Å². The Morgan fingerprint density at radius 1 is 1.10 bits per heavy atom. The summed E-state index contributed by atoms with van der Waals surface area (Å²) in [6.07, 6.45) is 2.07. The highest BCUT2D eigenvalue weighted by atomic mass is 32.2. The van der Waals surface area contributed by atoms with Crippen molar-refractivity contribution in [2.75, 3.05) is 50.3 Å². The first-order valence-electron chi connectivity index (χ1n) is 13.7. The summed E-state index contributed by atoms with van der Waals surface area (Å²) in [6.45, 7) is 4.59. The fraction of sp³-hybridized carbons (Fsp3) is 0.467. The maximum absolute atomic E-state index is 13.6. The van der Waals surface area contributed by atoms with E-state index in [-0.39, 0.29) is 6.54 Å². The van der Waals surface area contributed by atoms with Crippen LogP contribution >= 0.6 is 11.8 Å². The Bertz CT molecular complexity index is 1320. The zero-order chi connectivity index (χ0) is 28.5. The van der Waals surface area contributed by atoms with Gasteiger partial charge in [-0.05, 0) is 87.5 Å². The first kappa shape index (κ1) is 30.0. The molecular weight excluding hydrogens is 535 g/mol. The number of rotatable bonds is 11. The van der Waals surface area contributed by atoms with Crippen LogP contribution in [0.4, 0.5) is 24.5 Å². The van der Waals surface area contributed by atoms with E-state index in [9.17, 15) is 13.2 Å². The van der Waals surface area contributed by atoms with Crippen molar-refractivity contribution in [1.29, 1.82) is 0 Å². The van der Waals surface area contributed by atoms with E-state index in [0.29, 0.717) is 28.4 Å². The maximum Gasteiger partial charge on any atom is 0.406 e. The smallest absolute Gasteiger partial charge is 0.406 e. The van der Waals surface area contributed by atoms with Crippen LogP contribution in [-0.4, -0.2) is 61.2 Å². The molecule has 1 aromatic heterocycles. The number of nitrogens with zero attached hydrogens (tertiary/aromatic N) is 2. The van der Waals surface area contributed by atoms with Crippen molar-refractivity contribution < 1.29 is 17.9 Å². The number of benzene rings is 2. The molecule has 3 N–H and O–H groups in total. The number of unbranched alkanes of at least 4 members (excludes halogenated alkanes) is 1. The number of nitrogens with one attached hydrogen (secondary N) is 3. The van der Waals surface area contributed by atoms with Gasteiger partial charge in [-0.3, -0.25) is 0 Å². The van der Waals surface area contributed by atoms with Gasteiger partial charge in [-0.1, -0.05) is 25.3 Å². The molecule has 1 fully saturated rings. The first-order chi connectivity index (χ1) is 19.3. The van der Waals surface area contributed by atoms with E-state index >= 15 is 0 Å². The highest BCUT2D eigenvalue weighted by Gasteiger charge is 2.30. The second-order valence-corrected chi connectivity index (χ2v) is 10.8. The number of hydrogen-bond acceptors (Lipinski definition) is 6. The Hall–Kier alpha value is -3.00. The molecule has 216 valence electrons. The van der Waals surface area contributed by atoms with Gasteiger partial charge in [0.2, 0.25) is 0 Å². The number of alkyl halides is 3. The third-order valence-corrected chi connectivity index (χ3v) is 7.83. The van der Waals surface area contributed by atoms with Crippen molar-refractivity contribution in [2.24, 2.45) is 0 Å². The number of hydrazine groups is 1. The number of thioether (sulfide) groups is 1. The minimum Gasteiger partial charge on any atom is -0.495 e. The summed E-state index contributed by atoms with van der Waals surface area (Å²) in [4.78, 5) is 3.57. The Labute approximate surface area is 239 Å². The van der Waals surface area contributed by atoms with Crippen molar-refractivity contribution in [2.45, 2.75) is 56.3 Å². The summed E-state index contributed by atoms with van der Waals surface area (Å²) in [7, 11) is 1.60. The van der Waals surface area contributed by atoms with Gasteiger partial charge < -0.3 is 24.9 Å². The molecule has 0 atom stereocenters. The molecule has 1 saturated heterocycles. The standard InChI is InChI=1S/C30H38F3N5OS/c1-4-5-16-37-17-13-22(14-18-37)35-36-26-9-6-10-28-25(26)19-23(38(28)21-30(31,32)33)8-7-15-34-27-12-11-24(40-3)20-29(27)39-2/h6,9-12,19-20,22,34-36H,4-5,13-18,21H2,1-3H3. The molecule has 2 aromatic carbocycles. The van der Waals surface area contributed by atoms with Crippen LogP contribution in [-0.2, 0) is 6.54 Å². The summed E-state index contributed by atoms with van der Waals surface area (Å²) >= 11 is 1.61. The average Bonchev–Trinajstić information content (AvgIpc) is 3.29. The lowest BCUT2D eigenvalue weighted by Gasteiger charge is -2.32. The topological polar surface area (TPSA) is 53.5 Å². The van der Waals surface area contributed by atoms with Crippen LogP contribution in [0.5, 0.6) is 5.75 Å². The Kier molecular flexibility index (Phi) is 10.5. The monoisotopic (exact) mass is 573 g/mol. The van der Waals surface area contributed by atoms with Crippen LogP contribution in [0.3, 0.4) is 0 Å². The predicted molar refractivity (Wildman–Crippen MR) is 159 cm³/mol. The van der Waals surface area contributed by atoms with Gasteiger partial charge in [-0.2, -0.15) is 13.2 Å². The molecule has 6 nitrogen and oxygen atoms in total. The van der Waals surface area contributed by atoms with Crippen molar-refractivity contribution in [3.8, 4) is 17.6 Å². The van der Waals surface area contributed by atoms with Crippen LogP contribution in [0.25, 0.3) is 10.9 Å². The molecule has 0 bridgehead atoms. The first-order valence-corrected chi connectivity index (χ1v) is 14.9. The second-order valence-electron chi connectivity index (χ2n) is 9.93. The molecule has 0 radical (unpaired) electrons. The van der Waals surface area contributed by atoms with Crippen molar-refractivity contribution in [1.82, 2.24) is 14.9 Å². The minimum absolute atomic E-state index is 0.256. The Balaban J connectivity index is 1.49. The second kappa shape index (κ2) is 14.1. The van der Waals surface area contributed by atoms with Crippen LogP contribution in [0.2, 0.25) is 0 Å². The van der Waals surface area contributed by atoms with Crippen molar-refractivity contribution >= 4 is 34.0 Å². The van der Waals surface area contributed by atoms with Crippen LogP contribution in [0.15, 0.2) is 47.4 Å². The number of ether oxygens (including phenoxy) is 1. The lowest BCUT2D eigenvalue weighted by molar-refractivity contribution is -0.140. The van der Waals surface area contributed by atoms with Gasteiger partial charge in [-0.15, -0.1) is 11.8 Å². The normalized spacial score (nSPS) is 14.7. The molecule has 0 spiro atoms. The van der Waals surface area contributed by atoms with Gasteiger partial charge in [0, 0.05) is 16.3 Å². The highest BCUT2D eigenvalue weighted by molar-refractivity contribution is 7.98. The molecule has 0 unspecified atom stereocenters. The van der Waals surface area contributed by atoms with Gasteiger partial charge >= 0.3 is 6.18 Å². The number of hydrogen-bond donors (Lipinski definition) is 3. The Morgan fingerprint density at radius 2 is 1.90 bits per heavy atom. The quantitative estimate of drug-likeness (QED) is 0.137. The summed E-state index contributed by atoms with van der Waals surface area (Å²) in [5.74, 6) is 6.64. The molecule has 0 amide bonds. The summed E-state index contributed by atoms with van der Waals surface area (Å²) < 4.78 is 47.4. The minimum atomic E-state index is -4.37. The molecule has 4 rings (SSSR count). The fourth-order valence-corrected chi connectivity index (χ4v) is 5.36. The van der Waals surface area contributed by atoms with Gasteiger partial charge in [0.25, 0.3) is 0 Å². The van der Waals surface area contributed by atoms with E-state index in [2.05, 4.69) is 39.8 Å². The zero-order valence-electron chi connectivity index (χ0n) is 23.3. The predicted octanol–water partition coefficient (Wildman–Crippen LogP) is 6.58. The summed E-state index contributed by atoms with van der Waals surface area (Å²) in [5.41, 5.74) is 9.02. The van der Waals surface area contributed by atoms with Crippen LogP contribution < -0.4 is 20.9 Å². The summed E-state index contributed by atoms with van der Waals surface area (Å²) in [5, 5.41) is 3.90. The SMILES string of the molecule is CCCCN1CCC(NNc2cccc3c2cc(C#CCNc2ccc(SC)cc2OC)n3CC(F)(F)F)CC1. The van der Waals surface area contributed by atoms with Crippen LogP contribution in [0.1, 0.15) is 38.3 Å². The number of anilines is 2. The van der Waals surface area contributed by atoms with Crippen LogP contribution in [0, 0.1) is 11.8 Å².